The van der Waals surface area contributed by atoms with E-state index < -0.39 is 17.7 Å². The van der Waals surface area contributed by atoms with Crippen LogP contribution in [0.25, 0.3) is 22.3 Å². The number of anilines is 2. The monoisotopic (exact) mass is 689 g/mol. The third-order valence-corrected chi connectivity index (χ3v) is 9.73. The van der Waals surface area contributed by atoms with Gasteiger partial charge in [-0.2, -0.15) is 0 Å². The number of carboxylic acids is 1. The van der Waals surface area contributed by atoms with Crippen molar-refractivity contribution in [3.63, 3.8) is 0 Å². The highest BCUT2D eigenvalue weighted by Gasteiger charge is 2.40. The molecule has 3 aromatic carbocycles. The molecule has 246 valence electrons. The number of pyridine rings is 1. The Morgan fingerprint density at radius 3 is 2.46 bits per heavy atom. The van der Waals surface area contributed by atoms with Crippen molar-refractivity contribution in [1.29, 1.82) is 5.41 Å². The van der Waals surface area contributed by atoms with E-state index in [9.17, 15) is 14.7 Å². The van der Waals surface area contributed by atoms with Crippen molar-refractivity contribution in [1.82, 2.24) is 9.88 Å². The van der Waals surface area contributed by atoms with Gasteiger partial charge in [0.1, 0.15) is 17.4 Å². The highest BCUT2D eigenvalue weighted by molar-refractivity contribution is 6.40. The summed E-state index contributed by atoms with van der Waals surface area (Å²) < 4.78 is 27.5. The number of morpholine rings is 1. The van der Waals surface area contributed by atoms with Crippen molar-refractivity contribution in [3.8, 4) is 28.0 Å². The first-order chi connectivity index (χ1) is 23.2. The quantitative estimate of drug-likeness (QED) is 0.178. The van der Waals surface area contributed by atoms with Gasteiger partial charge >= 0.3 is 5.97 Å². The number of ether oxygens (including phenoxy) is 2. The van der Waals surface area contributed by atoms with Crippen molar-refractivity contribution in [2.45, 2.75) is 31.5 Å². The summed E-state index contributed by atoms with van der Waals surface area (Å²) in [6.07, 6.45) is 4.55. The molecule has 2 saturated heterocycles. The molecule has 2 fully saturated rings. The lowest BCUT2D eigenvalue weighted by atomic mass is 9.96. The summed E-state index contributed by atoms with van der Waals surface area (Å²) in [6.45, 7) is 0.966. The zero-order chi connectivity index (χ0) is 33.7. The van der Waals surface area contributed by atoms with Crippen LogP contribution in [0.5, 0.6) is 5.75 Å². The molecule has 2 bridgehead atoms. The molecule has 3 N–H and O–H groups in total. The average Bonchev–Trinajstić information content (AvgIpc) is 3.33. The van der Waals surface area contributed by atoms with Crippen molar-refractivity contribution in [2.75, 3.05) is 37.2 Å². The number of aromatic nitrogens is 1. The van der Waals surface area contributed by atoms with Crippen LogP contribution in [0, 0.1) is 11.2 Å². The van der Waals surface area contributed by atoms with Crippen molar-refractivity contribution >= 4 is 52.8 Å². The number of amides is 1. The molecule has 0 radical (unpaired) electrons. The second kappa shape index (κ2) is 12.7. The molecule has 4 aromatic rings. The minimum Gasteiger partial charge on any atom is -0.478 e. The molecule has 0 aliphatic carbocycles. The number of carbonyl (C=O) groups excluding carboxylic acids is 1. The maximum atomic E-state index is 15.7. The Morgan fingerprint density at radius 2 is 1.79 bits per heavy atom. The molecule has 0 spiro atoms. The number of hydrogen-bond donors (Lipinski definition) is 3. The zero-order valence-corrected chi connectivity index (χ0v) is 27.2. The van der Waals surface area contributed by atoms with Crippen LogP contribution in [0.3, 0.4) is 0 Å². The molecule has 3 aliphatic heterocycles. The molecule has 1 amide bonds. The van der Waals surface area contributed by atoms with E-state index in [4.69, 9.17) is 38.1 Å². The number of aromatic carboxylic acids is 1. The molecule has 2 atom stereocenters. The van der Waals surface area contributed by atoms with E-state index in [1.54, 1.807) is 55.7 Å². The maximum Gasteiger partial charge on any atom is 0.337 e. The van der Waals surface area contributed by atoms with Gasteiger partial charge in [0.05, 0.1) is 58.7 Å². The van der Waals surface area contributed by atoms with Gasteiger partial charge in [-0.15, -0.1) is 0 Å². The number of hydrogen-bond acceptors (Lipinski definition) is 8. The number of halogens is 3. The van der Waals surface area contributed by atoms with Crippen LogP contribution in [-0.4, -0.2) is 72.2 Å². The van der Waals surface area contributed by atoms with Gasteiger partial charge in [0.15, 0.2) is 6.73 Å². The molecular formula is C35H30Cl2FN5O5. The summed E-state index contributed by atoms with van der Waals surface area (Å²) in [6, 6.07) is 13.0. The van der Waals surface area contributed by atoms with E-state index in [0.717, 1.165) is 18.9 Å². The molecule has 0 saturated carbocycles. The van der Waals surface area contributed by atoms with Crippen LogP contribution in [-0.2, 0) is 11.3 Å². The Morgan fingerprint density at radius 1 is 1.06 bits per heavy atom. The molecular weight excluding hydrogens is 660 g/mol. The Bertz CT molecular complexity index is 1950. The SMILES string of the molecule is CNc1ncc(-c2cc(Cl)c(C(=O)N3COc4c(cccc4-c4cc(N5C6CCC5COC6)c(C(=O)O)cc4F)C3)c(Cl)c2)cc1C=N. The van der Waals surface area contributed by atoms with E-state index in [1.165, 1.54) is 11.1 Å². The predicted molar refractivity (Wildman–Crippen MR) is 181 cm³/mol. The standard InChI is InChI=1S/C35H30Cl2FN5O5/c1-40-33-20(12-39)7-21(13-41-33)19-8-27(36)31(28(37)9-19)34(44)42-14-18-3-2-4-24(32(18)48-17-42)25-11-30(26(35(45)46)10-29(25)38)43-22-5-6-23(43)16-47-15-22/h2-4,7-13,22-23,39H,5-6,14-17H2,1H3,(H,40,41)(H,45,46). The van der Waals surface area contributed by atoms with Crippen LogP contribution in [0.15, 0.2) is 54.7 Å². The number of fused-ring (bicyclic) bond motifs is 3. The van der Waals surface area contributed by atoms with E-state index in [-0.39, 0.29) is 52.1 Å². The third-order valence-electron chi connectivity index (χ3n) is 9.13. The Balaban J connectivity index is 1.19. The lowest BCUT2D eigenvalue weighted by Gasteiger charge is -2.37. The number of para-hydroxylation sites is 1. The van der Waals surface area contributed by atoms with Crippen LogP contribution >= 0.6 is 23.2 Å². The second-order valence-corrected chi connectivity index (χ2v) is 12.7. The van der Waals surface area contributed by atoms with Crippen LogP contribution in [0.4, 0.5) is 15.9 Å². The fourth-order valence-corrected chi connectivity index (χ4v) is 7.50. The van der Waals surface area contributed by atoms with Crippen molar-refractivity contribution in [3.05, 3.63) is 92.8 Å². The van der Waals surface area contributed by atoms with Gasteiger partial charge in [-0.25, -0.2) is 14.2 Å². The largest absolute Gasteiger partial charge is 0.478 e. The average molecular weight is 691 g/mol. The Labute approximate surface area is 285 Å². The van der Waals surface area contributed by atoms with Crippen LogP contribution in [0.2, 0.25) is 10.0 Å². The molecule has 13 heteroatoms. The van der Waals surface area contributed by atoms with E-state index >= 15 is 4.39 Å². The van der Waals surface area contributed by atoms with E-state index in [1.807, 2.05) is 0 Å². The smallest absolute Gasteiger partial charge is 0.337 e. The van der Waals surface area contributed by atoms with Crippen LogP contribution in [0.1, 0.15) is 44.7 Å². The van der Waals surface area contributed by atoms with Crippen molar-refractivity contribution in [2.24, 2.45) is 0 Å². The molecule has 1 aromatic heterocycles. The summed E-state index contributed by atoms with van der Waals surface area (Å²) >= 11 is 13.3. The van der Waals surface area contributed by atoms with Gasteiger partial charge in [0, 0.05) is 47.3 Å². The number of carbonyl (C=O) groups is 2. The number of nitrogens with zero attached hydrogens (tertiary/aromatic N) is 3. The summed E-state index contributed by atoms with van der Waals surface area (Å²) in [7, 11) is 1.72. The van der Waals surface area contributed by atoms with Gasteiger partial charge in [0.2, 0.25) is 0 Å². The minimum atomic E-state index is -1.20. The lowest BCUT2D eigenvalue weighted by molar-refractivity contribution is 0.0516. The molecule has 48 heavy (non-hydrogen) atoms. The van der Waals surface area contributed by atoms with E-state index in [2.05, 4.69) is 15.2 Å². The summed E-state index contributed by atoms with van der Waals surface area (Å²) in [5.74, 6) is -1.37. The summed E-state index contributed by atoms with van der Waals surface area (Å²) in [5, 5.41) is 20.9. The zero-order valence-electron chi connectivity index (χ0n) is 25.7. The van der Waals surface area contributed by atoms with E-state index in [0.29, 0.717) is 58.3 Å². The van der Waals surface area contributed by atoms with Gasteiger partial charge < -0.3 is 35.1 Å². The summed E-state index contributed by atoms with van der Waals surface area (Å²) in [5.41, 5.74) is 3.65. The summed E-state index contributed by atoms with van der Waals surface area (Å²) in [4.78, 5) is 33.9. The first-order valence-electron chi connectivity index (χ1n) is 15.3. The van der Waals surface area contributed by atoms with Gasteiger partial charge in [-0.05, 0) is 48.7 Å². The molecule has 7 rings (SSSR count). The van der Waals surface area contributed by atoms with Gasteiger partial charge in [-0.3, -0.25) is 4.79 Å². The van der Waals surface area contributed by atoms with Crippen LogP contribution < -0.4 is 15.0 Å². The lowest BCUT2D eigenvalue weighted by Crippen LogP contribution is -2.46. The Kier molecular flexibility index (Phi) is 8.44. The molecule has 2 unspecified atom stereocenters. The van der Waals surface area contributed by atoms with Gasteiger partial charge in [-0.1, -0.05) is 41.4 Å². The topological polar surface area (TPSA) is 128 Å². The second-order valence-electron chi connectivity index (χ2n) is 11.9. The highest BCUT2D eigenvalue weighted by atomic mass is 35.5. The highest BCUT2D eigenvalue weighted by Crippen LogP contribution is 2.43. The molecule has 4 heterocycles. The predicted octanol–water partition coefficient (Wildman–Crippen LogP) is 6.96. The Hall–Kier alpha value is -4.71. The minimum absolute atomic E-state index is 0.0168. The number of carboxylic acid groups (broad SMARTS) is 1. The third kappa shape index (κ3) is 5.51. The maximum absolute atomic E-state index is 15.7. The first kappa shape index (κ1) is 31.9. The fourth-order valence-electron chi connectivity index (χ4n) is 6.85. The fraction of sp³-hybridized carbons (Fsp3) is 0.257. The first-order valence-corrected chi connectivity index (χ1v) is 16.1. The molecule has 10 nitrogen and oxygen atoms in total. The van der Waals surface area contributed by atoms with Crippen molar-refractivity contribution < 1.29 is 28.6 Å². The molecule has 3 aliphatic rings. The number of rotatable bonds is 7. The van der Waals surface area contributed by atoms with Gasteiger partial charge in [0.25, 0.3) is 5.91 Å². The normalized spacial score (nSPS) is 18.2. The number of nitrogens with one attached hydrogen (secondary N) is 2. The number of benzene rings is 3.